The number of piperazine rings is 1. The zero-order chi connectivity index (χ0) is 23.7. The lowest BCUT2D eigenvalue weighted by Gasteiger charge is -2.38. The zero-order valence-electron chi connectivity index (χ0n) is 19.2. The number of β-amino-alcohol motifs (C(OH)–C–C–N with tert-alkyl or cyclic N) is 1. The molecule has 2 fully saturated rings. The molecule has 0 radical (unpaired) electrons. The molecule has 6 nitrogen and oxygen atoms in total. The van der Waals surface area contributed by atoms with Crippen LogP contribution in [0.5, 0.6) is 0 Å². The second-order valence-corrected chi connectivity index (χ2v) is 10.1. The van der Waals surface area contributed by atoms with Crippen molar-refractivity contribution in [2.45, 2.75) is 25.6 Å². The van der Waals surface area contributed by atoms with Crippen molar-refractivity contribution >= 4 is 29.2 Å². The quantitative estimate of drug-likeness (QED) is 0.571. The highest BCUT2D eigenvalue weighted by Crippen LogP contribution is 2.27. The van der Waals surface area contributed by atoms with Crippen LogP contribution in [-0.2, 0) is 6.54 Å². The monoisotopic (exact) mass is 497 g/mol. The molecule has 34 heavy (non-hydrogen) atoms. The summed E-state index contributed by atoms with van der Waals surface area (Å²) in [7, 11) is 0. The highest BCUT2D eigenvalue weighted by molar-refractivity contribution is 6.31. The van der Waals surface area contributed by atoms with E-state index in [2.05, 4.69) is 31.8 Å². The van der Waals surface area contributed by atoms with Gasteiger partial charge in [-0.05, 0) is 42.8 Å². The predicted octanol–water partition coefficient (Wildman–Crippen LogP) is 4.13. The Bertz CT molecular complexity index is 1130. The van der Waals surface area contributed by atoms with Gasteiger partial charge >= 0.3 is 0 Å². The molecule has 0 amide bonds. The summed E-state index contributed by atoms with van der Waals surface area (Å²) in [5.41, 5.74) is 3.98. The first-order valence-electron chi connectivity index (χ1n) is 11.7. The van der Waals surface area contributed by atoms with E-state index in [1.807, 2.05) is 49.4 Å². The van der Waals surface area contributed by atoms with Gasteiger partial charge in [-0.2, -0.15) is 0 Å². The number of hydrogen-bond donors (Lipinski definition) is 1. The number of aliphatic hydroxyl groups is 1. The van der Waals surface area contributed by atoms with Crippen LogP contribution in [-0.4, -0.2) is 76.3 Å². The molecule has 0 spiro atoms. The molecule has 0 saturated carbocycles. The maximum Gasteiger partial charge on any atom is 0.226 e. The topological polar surface area (TPSA) is 55.7 Å². The fourth-order valence-electron chi connectivity index (χ4n) is 4.88. The Morgan fingerprint density at radius 1 is 0.912 bits per heavy atom. The highest BCUT2D eigenvalue weighted by Gasteiger charge is 2.38. The number of aryl methyl sites for hydroxylation is 1. The standard InChI is InChI=1S/C26H29Cl2N5O/c1-18-13-23(20-3-2-4-22(28)14-20)30-26(29-18)33-16-24(25(34)17-33)32-11-9-31(10-12-32)15-19-5-7-21(27)8-6-19/h2-8,13-14,24-25,34H,9-12,15-17H2,1H3/t24-,25-/m1/s1. The maximum absolute atomic E-state index is 10.9. The fraction of sp³-hybridized carbons (Fsp3) is 0.385. The Kier molecular flexibility index (Phi) is 7.04. The number of hydrogen-bond acceptors (Lipinski definition) is 6. The van der Waals surface area contributed by atoms with E-state index in [1.54, 1.807) is 0 Å². The molecule has 5 rings (SSSR count). The van der Waals surface area contributed by atoms with Crippen molar-refractivity contribution in [3.8, 4) is 11.3 Å². The summed E-state index contributed by atoms with van der Waals surface area (Å²) < 4.78 is 0. The lowest BCUT2D eigenvalue weighted by molar-refractivity contribution is 0.0424. The van der Waals surface area contributed by atoms with Gasteiger partial charge in [0.2, 0.25) is 5.95 Å². The Balaban J connectivity index is 1.23. The van der Waals surface area contributed by atoms with Crippen LogP contribution < -0.4 is 4.90 Å². The first kappa shape index (κ1) is 23.5. The van der Waals surface area contributed by atoms with E-state index >= 15 is 0 Å². The minimum absolute atomic E-state index is 0.0800. The van der Waals surface area contributed by atoms with Gasteiger partial charge in [0.25, 0.3) is 0 Å². The Hall–Kier alpha value is -2.22. The van der Waals surface area contributed by atoms with Crippen LogP contribution in [0.15, 0.2) is 54.6 Å². The van der Waals surface area contributed by atoms with Crippen molar-refractivity contribution < 1.29 is 5.11 Å². The number of nitrogens with zero attached hydrogens (tertiary/aromatic N) is 5. The summed E-state index contributed by atoms with van der Waals surface area (Å²) in [4.78, 5) is 16.5. The van der Waals surface area contributed by atoms with Crippen molar-refractivity contribution in [3.05, 3.63) is 75.9 Å². The molecule has 2 aromatic carbocycles. The normalized spacial score (nSPS) is 21.8. The van der Waals surface area contributed by atoms with Crippen LogP contribution in [0.1, 0.15) is 11.3 Å². The van der Waals surface area contributed by atoms with Crippen molar-refractivity contribution in [3.63, 3.8) is 0 Å². The van der Waals surface area contributed by atoms with Crippen LogP contribution in [0.4, 0.5) is 5.95 Å². The second kappa shape index (κ2) is 10.2. The Morgan fingerprint density at radius 3 is 2.41 bits per heavy atom. The number of aromatic nitrogens is 2. The van der Waals surface area contributed by atoms with Crippen molar-refractivity contribution in [1.82, 2.24) is 19.8 Å². The van der Waals surface area contributed by atoms with Gasteiger partial charge in [0.15, 0.2) is 0 Å². The van der Waals surface area contributed by atoms with Gasteiger partial charge in [-0.15, -0.1) is 0 Å². The molecule has 0 bridgehead atoms. The number of halogens is 2. The van der Waals surface area contributed by atoms with E-state index in [0.29, 0.717) is 17.5 Å². The fourth-order valence-corrected chi connectivity index (χ4v) is 5.20. The van der Waals surface area contributed by atoms with Gasteiger partial charge in [0.1, 0.15) is 0 Å². The average Bonchev–Trinajstić information content (AvgIpc) is 3.22. The molecule has 0 aliphatic carbocycles. The summed E-state index contributed by atoms with van der Waals surface area (Å²) in [6.07, 6.45) is -0.429. The summed E-state index contributed by atoms with van der Waals surface area (Å²) >= 11 is 12.2. The molecule has 2 aliphatic heterocycles. The molecule has 3 aromatic rings. The zero-order valence-corrected chi connectivity index (χ0v) is 20.8. The largest absolute Gasteiger partial charge is 0.390 e. The molecule has 8 heteroatoms. The van der Waals surface area contributed by atoms with Gasteiger partial charge < -0.3 is 10.0 Å². The van der Waals surface area contributed by atoms with E-state index in [0.717, 1.165) is 61.2 Å². The van der Waals surface area contributed by atoms with E-state index in [4.69, 9.17) is 28.2 Å². The molecular weight excluding hydrogens is 469 g/mol. The van der Waals surface area contributed by atoms with E-state index in [9.17, 15) is 5.11 Å². The minimum atomic E-state index is -0.429. The van der Waals surface area contributed by atoms with Gasteiger partial charge in [-0.3, -0.25) is 9.80 Å². The van der Waals surface area contributed by atoms with Gasteiger partial charge in [-0.25, -0.2) is 9.97 Å². The van der Waals surface area contributed by atoms with Gasteiger partial charge in [-0.1, -0.05) is 47.5 Å². The van der Waals surface area contributed by atoms with E-state index < -0.39 is 6.10 Å². The molecule has 1 aromatic heterocycles. The smallest absolute Gasteiger partial charge is 0.226 e. The Labute approximate surface area is 210 Å². The lowest BCUT2D eigenvalue weighted by Crippen LogP contribution is -2.53. The summed E-state index contributed by atoms with van der Waals surface area (Å²) in [6.45, 7) is 7.98. The van der Waals surface area contributed by atoms with E-state index in [-0.39, 0.29) is 6.04 Å². The lowest BCUT2D eigenvalue weighted by atomic mass is 10.1. The van der Waals surface area contributed by atoms with Gasteiger partial charge in [0.05, 0.1) is 17.8 Å². The molecule has 0 unspecified atom stereocenters. The van der Waals surface area contributed by atoms with Crippen molar-refractivity contribution in [1.29, 1.82) is 0 Å². The summed E-state index contributed by atoms with van der Waals surface area (Å²) in [6, 6.07) is 17.8. The van der Waals surface area contributed by atoms with E-state index in [1.165, 1.54) is 5.56 Å². The molecule has 2 atom stereocenters. The summed E-state index contributed by atoms with van der Waals surface area (Å²) in [5.74, 6) is 0.665. The molecular formula is C26H29Cl2N5O. The maximum atomic E-state index is 10.9. The minimum Gasteiger partial charge on any atom is -0.390 e. The molecule has 2 saturated heterocycles. The van der Waals surface area contributed by atoms with Crippen LogP contribution in [0.25, 0.3) is 11.3 Å². The SMILES string of the molecule is Cc1cc(-c2cccc(Cl)c2)nc(N2C[C@@H](O)[C@H](N3CCN(Cc4ccc(Cl)cc4)CC3)C2)n1. The first-order valence-corrected chi connectivity index (χ1v) is 12.5. The third-order valence-corrected chi connectivity index (χ3v) is 7.19. The van der Waals surface area contributed by atoms with Crippen LogP contribution in [0.2, 0.25) is 10.0 Å². The molecule has 1 N–H and O–H groups in total. The Morgan fingerprint density at radius 2 is 1.68 bits per heavy atom. The van der Waals surface area contributed by atoms with Crippen molar-refractivity contribution in [2.75, 3.05) is 44.2 Å². The number of anilines is 1. The second-order valence-electron chi connectivity index (χ2n) is 9.18. The summed E-state index contributed by atoms with van der Waals surface area (Å²) in [5, 5.41) is 12.4. The average molecular weight is 498 g/mol. The number of aliphatic hydroxyl groups excluding tert-OH is 1. The third kappa shape index (κ3) is 5.37. The number of rotatable bonds is 5. The highest BCUT2D eigenvalue weighted by atomic mass is 35.5. The molecule has 3 heterocycles. The van der Waals surface area contributed by atoms with Crippen LogP contribution >= 0.6 is 23.2 Å². The molecule has 2 aliphatic rings. The van der Waals surface area contributed by atoms with Crippen LogP contribution in [0.3, 0.4) is 0 Å². The molecule has 178 valence electrons. The predicted molar refractivity (Wildman–Crippen MR) is 138 cm³/mol. The number of benzene rings is 2. The van der Waals surface area contributed by atoms with Gasteiger partial charge in [0, 0.05) is 67.1 Å². The van der Waals surface area contributed by atoms with Crippen LogP contribution in [0, 0.1) is 6.92 Å². The first-order chi connectivity index (χ1) is 16.4. The third-order valence-electron chi connectivity index (χ3n) is 6.70. The van der Waals surface area contributed by atoms with Crippen molar-refractivity contribution in [2.24, 2.45) is 0 Å².